The molecule has 1 amide bonds. The van der Waals surface area contributed by atoms with Crippen LogP contribution in [0.1, 0.15) is 12.5 Å². The molecule has 4 heteroatoms. The molecule has 0 saturated heterocycles. The van der Waals surface area contributed by atoms with E-state index in [-0.39, 0.29) is 6.09 Å². The zero-order valence-corrected chi connectivity index (χ0v) is 10.1. The van der Waals surface area contributed by atoms with Crippen LogP contribution in [0, 0.1) is 0 Å². The number of hydrogen-bond donors (Lipinski definition) is 0. The van der Waals surface area contributed by atoms with Gasteiger partial charge in [0.1, 0.15) is 0 Å². The van der Waals surface area contributed by atoms with E-state index in [0.29, 0.717) is 13.2 Å². The first-order chi connectivity index (χ1) is 8.79. The molecule has 0 bridgehead atoms. The van der Waals surface area contributed by atoms with Crippen molar-refractivity contribution in [2.24, 2.45) is 0 Å². The summed E-state index contributed by atoms with van der Waals surface area (Å²) in [7, 11) is 0. The summed E-state index contributed by atoms with van der Waals surface area (Å²) in [5.74, 6) is 0. The van der Waals surface area contributed by atoms with Gasteiger partial charge in [0.05, 0.1) is 24.8 Å². The molecule has 0 atom stereocenters. The number of hydrogen-bond acceptors (Lipinski definition) is 3. The van der Waals surface area contributed by atoms with Crippen LogP contribution in [0.4, 0.5) is 10.5 Å². The minimum Gasteiger partial charge on any atom is -0.471 e. The monoisotopic (exact) mass is 243 g/mol. The fourth-order valence-electron chi connectivity index (χ4n) is 2.15. The third kappa shape index (κ3) is 1.66. The molecule has 0 radical (unpaired) electrons. The predicted molar refractivity (Wildman–Crippen MR) is 69.6 cm³/mol. The van der Waals surface area contributed by atoms with Gasteiger partial charge in [-0.2, -0.15) is 0 Å². The highest BCUT2D eigenvalue weighted by molar-refractivity contribution is 5.98. The smallest absolute Gasteiger partial charge is 0.414 e. The van der Waals surface area contributed by atoms with Gasteiger partial charge in [0.25, 0.3) is 0 Å². The van der Waals surface area contributed by atoms with E-state index in [1.54, 1.807) is 24.3 Å². The van der Waals surface area contributed by atoms with Crippen LogP contribution in [0.3, 0.4) is 0 Å². The van der Waals surface area contributed by atoms with Crippen molar-refractivity contribution >= 4 is 28.6 Å². The summed E-state index contributed by atoms with van der Waals surface area (Å²) in [6, 6.07) is 3.96. The number of benzene rings is 1. The summed E-state index contributed by atoms with van der Waals surface area (Å²) >= 11 is 0. The summed E-state index contributed by atoms with van der Waals surface area (Å²) in [6.07, 6.45) is 7.03. The Hall–Kier alpha value is -2.23. The lowest BCUT2D eigenvalue weighted by atomic mass is 10.0. The van der Waals surface area contributed by atoms with Crippen LogP contribution in [0.2, 0.25) is 0 Å². The number of carbonyl (C=O) groups excluding carboxylic acids is 1. The van der Waals surface area contributed by atoms with Gasteiger partial charge in [0.15, 0.2) is 0 Å². The first-order valence-electron chi connectivity index (χ1n) is 5.90. The second-order valence-electron chi connectivity index (χ2n) is 4.12. The van der Waals surface area contributed by atoms with E-state index in [1.165, 1.54) is 0 Å². The van der Waals surface area contributed by atoms with Crippen LogP contribution in [-0.2, 0) is 4.74 Å². The van der Waals surface area contributed by atoms with Crippen molar-refractivity contribution in [2.75, 3.05) is 18.1 Å². The number of furan rings is 1. The van der Waals surface area contributed by atoms with E-state index in [4.69, 9.17) is 9.15 Å². The Labute approximate surface area is 104 Å². The van der Waals surface area contributed by atoms with E-state index in [0.717, 1.165) is 22.0 Å². The zero-order chi connectivity index (χ0) is 12.5. The van der Waals surface area contributed by atoms with Crippen molar-refractivity contribution in [3.8, 4) is 0 Å². The fraction of sp³-hybridized carbons (Fsp3) is 0.214. The third-order valence-corrected chi connectivity index (χ3v) is 2.99. The maximum atomic E-state index is 11.9. The molecule has 0 N–H and O–H groups in total. The largest absolute Gasteiger partial charge is 0.471 e. The molecule has 1 aromatic carbocycles. The average Bonchev–Trinajstić information content (AvgIpc) is 2.82. The number of rotatable bonds is 1. The number of fused-ring (bicyclic) bond motifs is 2. The molecule has 0 saturated carbocycles. The molecule has 0 aliphatic carbocycles. The van der Waals surface area contributed by atoms with Gasteiger partial charge in [-0.3, -0.25) is 4.90 Å². The summed E-state index contributed by atoms with van der Waals surface area (Å²) in [4.78, 5) is 13.5. The quantitative estimate of drug-likeness (QED) is 0.770. The topological polar surface area (TPSA) is 42.7 Å². The molecular weight excluding hydrogens is 230 g/mol. The predicted octanol–water partition coefficient (Wildman–Crippen LogP) is 3.42. The van der Waals surface area contributed by atoms with E-state index in [2.05, 4.69) is 0 Å². The molecule has 1 aromatic heterocycles. The Balaban J connectivity index is 2.08. The summed E-state index contributed by atoms with van der Waals surface area (Å²) < 4.78 is 10.2. The van der Waals surface area contributed by atoms with Crippen molar-refractivity contribution < 1.29 is 13.9 Å². The molecule has 3 rings (SSSR count). The maximum Gasteiger partial charge on any atom is 0.414 e. The van der Waals surface area contributed by atoms with Crippen LogP contribution in [-0.4, -0.2) is 19.2 Å². The highest BCUT2D eigenvalue weighted by Gasteiger charge is 2.21. The van der Waals surface area contributed by atoms with Crippen LogP contribution in [0.15, 0.2) is 35.2 Å². The number of amides is 1. The molecule has 18 heavy (non-hydrogen) atoms. The Bertz CT molecular complexity index is 627. The molecule has 1 aliphatic heterocycles. The van der Waals surface area contributed by atoms with Gasteiger partial charge in [-0.25, -0.2) is 4.79 Å². The van der Waals surface area contributed by atoms with E-state index in [1.807, 2.05) is 24.3 Å². The van der Waals surface area contributed by atoms with E-state index in [9.17, 15) is 4.79 Å². The van der Waals surface area contributed by atoms with Crippen molar-refractivity contribution in [2.45, 2.75) is 6.92 Å². The lowest BCUT2D eigenvalue weighted by Gasteiger charge is -2.25. The molecule has 1 aliphatic rings. The van der Waals surface area contributed by atoms with Crippen LogP contribution in [0.5, 0.6) is 0 Å². The van der Waals surface area contributed by atoms with Gasteiger partial charge in [-0.05, 0) is 24.6 Å². The average molecular weight is 243 g/mol. The van der Waals surface area contributed by atoms with Crippen LogP contribution >= 0.6 is 0 Å². The summed E-state index contributed by atoms with van der Waals surface area (Å²) in [5, 5.41) is 2.02. The van der Waals surface area contributed by atoms with Crippen molar-refractivity contribution in [3.05, 3.63) is 36.3 Å². The second kappa shape index (κ2) is 4.22. The van der Waals surface area contributed by atoms with Gasteiger partial charge in [-0.1, -0.05) is 12.2 Å². The highest BCUT2D eigenvalue weighted by Crippen LogP contribution is 2.31. The van der Waals surface area contributed by atoms with Crippen molar-refractivity contribution in [3.63, 3.8) is 0 Å². The minimum absolute atomic E-state index is 0.314. The van der Waals surface area contributed by atoms with Gasteiger partial charge >= 0.3 is 6.09 Å². The highest BCUT2D eigenvalue weighted by atomic mass is 16.6. The molecule has 4 nitrogen and oxygen atoms in total. The van der Waals surface area contributed by atoms with Crippen molar-refractivity contribution in [1.82, 2.24) is 0 Å². The first kappa shape index (κ1) is 10.9. The Morgan fingerprint density at radius 1 is 1.39 bits per heavy atom. The number of carbonyl (C=O) groups is 1. The fourth-order valence-corrected chi connectivity index (χ4v) is 2.15. The minimum atomic E-state index is -0.314. The lowest BCUT2D eigenvalue weighted by Crippen LogP contribution is -2.33. The Morgan fingerprint density at radius 3 is 2.94 bits per heavy atom. The van der Waals surface area contributed by atoms with Gasteiger partial charge in [-0.15, -0.1) is 0 Å². The van der Waals surface area contributed by atoms with Gasteiger partial charge in [0.2, 0.25) is 0 Å². The number of anilines is 1. The van der Waals surface area contributed by atoms with Gasteiger partial charge < -0.3 is 9.15 Å². The molecule has 0 fully saturated rings. The molecule has 0 spiro atoms. The first-order valence-corrected chi connectivity index (χ1v) is 5.90. The van der Waals surface area contributed by atoms with Gasteiger partial charge in [0, 0.05) is 17.3 Å². The number of ether oxygens (including phenoxy) is 1. The lowest BCUT2D eigenvalue weighted by molar-refractivity contribution is 0.160. The normalized spacial score (nSPS) is 13.7. The van der Waals surface area contributed by atoms with E-state index >= 15 is 0 Å². The second-order valence-corrected chi connectivity index (χ2v) is 4.12. The Kier molecular flexibility index (Phi) is 2.55. The third-order valence-electron chi connectivity index (χ3n) is 2.99. The Morgan fingerprint density at radius 2 is 2.17 bits per heavy atom. The van der Waals surface area contributed by atoms with Crippen LogP contribution in [0.25, 0.3) is 16.8 Å². The molecule has 0 unspecified atom stereocenters. The van der Waals surface area contributed by atoms with Crippen LogP contribution < -0.4 is 4.90 Å². The SMILES string of the molecule is CCOC(=O)N1CC=Cc2cc3cocc3cc21. The summed E-state index contributed by atoms with van der Waals surface area (Å²) in [6.45, 7) is 2.72. The molecular formula is C14H13NO3. The molecule has 92 valence electrons. The summed E-state index contributed by atoms with van der Waals surface area (Å²) in [5.41, 5.74) is 1.87. The standard InChI is InChI=1S/C14H13NO3/c1-2-18-14(16)15-5-3-4-10-6-11-8-17-9-12(11)7-13(10)15/h3-4,6-9H,2,5H2,1H3. The number of nitrogens with zero attached hydrogens (tertiary/aromatic N) is 1. The molecule has 2 aromatic rings. The maximum absolute atomic E-state index is 11.9. The van der Waals surface area contributed by atoms with E-state index < -0.39 is 0 Å². The van der Waals surface area contributed by atoms with Crippen molar-refractivity contribution in [1.29, 1.82) is 0 Å². The zero-order valence-electron chi connectivity index (χ0n) is 10.1. The molecule has 2 heterocycles.